The van der Waals surface area contributed by atoms with Crippen molar-refractivity contribution in [3.8, 4) is 5.75 Å². The second-order valence-electron chi connectivity index (χ2n) is 7.20. The first-order valence-electron chi connectivity index (χ1n) is 9.51. The molecule has 1 aromatic carbocycles. The number of benzene rings is 1. The molecule has 2 aliphatic rings. The number of hydrogen-bond acceptors (Lipinski definition) is 4. The van der Waals surface area contributed by atoms with E-state index in [1.165, 1.54) is 18.2 Å². The lowest BCUT2D eigenvalue weighted by atomic mass is 10.0. The molecule has 0 bridgehead atoms. The summed E-state index contributed by atoms with van der Waals surface area (Å²) >= 11 is 0. The van der Waals surface area contributed by atoms with Gasteiger partial charge in [0, 0.05) is 37.4 Å². The second-order valence-corrected chi connectivity index (χ2v) is 7.20. The Bertz CT molecular complexity index is 853. The van der Waals surface area contributed by atoms with Gasteiger partial charge < -0.3 is 19.5 Å². The molecular weight excluding hydrogens is 344 g/mol. The van der Waals surface area contributed by atoms with Gasteiger partial charge in [-0.3, -0.25) is 9.59 Å². The van der Waals surface area contributed by atoms with Crippen molar-refractivity contribution in [1.29, 1.82) is 0 Å². The summed E-state index contributed by atoms with van der Waals surface area (Å²) in [7, 11) is 0. The fraction of sp³-hybridized carbons (Fsp3) is 0.450. The van der Waals surface area contributed by atoms with Crippen molar-refractivity contribution < 1.29 is 14.7 Å². The molecule has 0 saturated carbocycles. The van der Waals surface area contributed by atoms with Crippen molar-refractivity contribution in [3.05, 3.63) is 47.5 Å². The highest BCUT2D eigenvalue weighted by Gasteiger charge is 2.26. The second kappa shape index (κ2) is 7.42. The molecule has 7 nitrogen and oxygen atoms in total. The van der Waals surface area contributed by atoms with Crippen LogP contribution < -0.4 is 0 Å². The summed E-state index contributed by atoms with van der Waals surface area (Å²) < 4.78 is 1.99. The lowest BCUT2D eigenvalue weighted by Crippen LogP contribution is -2.51. The van der Waals surface area contributed by atoms with Gasteiger partial charge in [0.15, 0.2) is 0 Å². The third-order valence-corrected chi connectivity index (χ3v) is 5.43. The van der Waals surface area contributed by atoms with Gasteiger partial charge in [-0.1, -0.05) is 6.07 Å². The zero-order valence-electron chi connectivity index (χ0n) is 15.3. The maximum Gasteiger partial charge on any atom is 0.254 e. The van der Waals surface area contributed by atoms with E-state index in [9.17, 15) is 14.7 Å². The van der Waals surface area contributed by atoms with E-state index in [-0.39, 0.29) is 17.6 Å². The van der Waals surface area contributed by atoms with Crippen molar-refractivity contribution in [1.82, 2.24) is 19.4 Å². The van der Waals surface area contributed by atoms with E-state index in [0.29, 0.717) is 38.3 Å². The van der Waals surface area contributed by atoms with Crippen molar-refractivity contribution in [3.63, 3.8) is 0 Å². The number of aryl methyl sites for hydroxylation is 1. The first kappa shape index (κ1) is 17.6. The predicted molar refractivity (Wildman–Crippen MR) is 99.5 cm³/mol. The Hall–Kier alpha value is -2.83. The SMILES string of the molecule is O=C(Cn1cnc2c1CCCC2)N1CCN(C(=O)c2cccc(O)c2)CC1. The van der Waals surface area contributed by atoms with Gasteiger partial charge in [0.1, 0.15) is 12.3 Å². The Kier molecular flexibility index (Phi) is 4.83. The summed E-state index contributed by atoms with van der Waals surface area (Å²) in [5.41, 5.74) is 2.81. The van der Waals surface area contributed by atoms with E-state index >= 15 is 0 Å². The van der Waals surface area contributed by atoms with Gasteiger partial charge in [-0.05, 0) is 43.9 Å². The van der Waals surface area contributed by atoms with Gasteiger partial charge in [-0.2, -0.15) is 0 Å². The highest BCUT2D eigenvalue weighted by molar-refractivity contribution is 5.94. The van der Waals surface area contributed by atoms with E-state index in [1.54, 1.807) is 29.4 Å². The fourth-order valence-corrected chi connectivity index (χ4v) is 3.89. The molecule has 2 aromatic rings. The van der Waals surface area contributed by atoms with E-state index in [4.69, 9.17) is 0 Å². The van der Waals surface area contributed by atoms with E-state index in [2.05, 4.69) is 4.98 Å². The fourth-order valence-electron chi connectivity index (χ4n) is 3.89. The average Bonchev–Trinajstić information content (AvgIpc) is 3.10. The Morgan fingerprint density at radius 3 is 2.56 bits per heavy atom. The number of phenolic OH excluding ortho intramolecular Hbond substituents is 1. The van der Waals surface area contributed by atoms with Gasteiger partial charge in [-0.25, -0.2) is 4.98 Å². The molecule has 0 atom stereocenters. The van der Waals surface area contributed by atoms with Crippen LogP contribution in [0.5, 0.6) is 5.75 Å². The van der Waals surface area contributed by atoms with Gasteiger partial charge in [0.25, 0.3) is 5.91 Å². The normalized spacial score (nSPS) is 16.9. The molecule has 1 aliphatic heterocycles. The number of amides is 2. The highest BCUT2D eigenvalue weighted by Crippen LogP contribution is 2.20. The highest BCUT2D eigenvalue weighted by atomic mass is 16.3. The van der Waals surface area contributed by atoms with E-state index in [0.717, 1.165) is 25.0 Å². The molecule has 1 aromatic heterocycles. The summed E-state index contributed by atoms with van der Waals surface area (Å²) in [6.07, 6.45) is 6.12. The van der Waals surface area contributed by atoms with E-state index < -0.39 is 0 Å². The summed E-state index contributed by atoms with van der Waals surface area (Å²) in [5, 5.41) is 9.55. The summed E-state index contributed by atoms with van der Waals surface area (Å²) in [4.78, 5) is 33.2. The molecule has 4 rings (SSSR count). The number of carbonyl (C=O) groups excluding carboxylic acids is 2. The maximum absolute atomic E-state index is 12.7. The summed E-state index contributed by atoms with van der Waals surface area (Å²) in [5.74, 6) is 0.0465. The lowest BCUT2D eigenvalue weighted by Gasteiger charge is -2.35. The molecule has 0 spiro atoms. The van der Waals surface area contributed by atoms with Crippen LogP contribution in [0.2, 0.25) is 0 Å². The molecule has 142 valence electrons. The topological polar surface area (TPSA) is 78.7 Å². The van der Waals surface area contributed by atoms with Crippen molar-refractivity contribution in [2.45, 2.75) is 32.2 Å². The smallest absolute Gasteiger partial charge is 0.254 e. The number of piperazine rings is 1. The lowest BCUT2D eigenvalue weighted by molar-refractivity contribution is -0.133. The standard InChI is InChI=1S/C20H24N4O3/c25-16-5-3-4-15(12-16)20(27)23-10-8-22(9-11-23)19(26)13-24-14-21-17-6-1-2-7-18(17)24/h3-5,12,14,25H,1-2,6-11,13H2. The molecular formula is C20H24N4O3. The van der Waals surface area contributed by atoms with Crippen LogP contribution in [-0.4, -0.2) is 62.5 Å². The van der Waals surface area contributed by atoms with Gasteiger partial charge in [-0.15, -0.1) is 0 Å². The predicted octanol–water partition coefficient (Wildman–Crippen LogP) is 1.45. The first-order chi connectivity index (χ1) is 13.1. The quantitative estimate of drug-likeness (QED) is 0.889. The molecule has 0 unspecified atom stereocenters. The Morgan fingerprint density at radius 2 is 1.78 bits per heavy atom. The van der Waals surface area contributed by atoms with E-state index in [1.807, 2.05) is 9.47 Å². The van der Waals surface area contributed by atoms with Gasteiger partial charge in [0.05, 0.1) is 12.0 Å². The minimum Gasteiger partial charge on any atom is -0.508 e. The number of carbonyl (C=O) groups is 2. The van der Waals surface area contributed by atoms with Crippen LogP contribution in [0.25, 0.3) is 0 Å². The molecule has 27 heavy (non-hydrogen) atoms. The van der Waals surface area contributed by atoms with Crippen LogP contribution in [-0.2, 0) is 24.2 Å². The van der Waals surface area contributed by atoms with Crippen LogP contribution in [0.1, 0.15) is 34.6 Å². The molecule has 1 N–H and O–H groups in total. The van der Waals surface area contributed by atoms with Crippen LogP contribution >= 0.6 is 0 Å². The van der Waals surface area contributed by atoms with Crippen LogP contribution in [0.4, 0.5) is 0 Å². The number of imidazole rings is 1. The zero-order chi connectivity index (χ0) is 18.8. The number of phenols is 1. The average molecular weight is 368 g/mol. The minimum absolute atomic E-state index is 0.0743. The molecule has 1 fully saturated rings. The monoisotopic (exact) mass is 368 g/mol. The third kappa shape index (κ3) is 3.67. The van der Waals surface area contributed by atoms with Crippen LogP contribution in [0.3, 0.4) is 0 Å². The number of aromatic hydroxyl groups is 1. The number of rotatable bonds is 3. The third-order valence-electron chi connectivity index (χ3n) is 5.43. The summed E-state index contributed by atoms with van der Waals surface area (Å²) in [6, 6.07) is 6.38. The van der Waals surface area contributed by atoms with Gasteiger partial charge in [0.2, 0.25) is 5.91 Å². The molecule has 2 heterocycles. The number of aromatic nitrogens is 2. The molecule has 7 heteroatoms. The largest absolute Gasteiger partial charge is 0.508 e. The Labute approximate surface area is 158 Å². The number of hydrogen-bond donors (Lipinski definition) is 1. The van der Waals surface area contributed by atoms with Crippen molar-refractivity contribution >= 4 is 11.8 Å². The summed E-state index contributed by atoms with van der Waals surface area (Å²) in [6.45, 7) is 2.38. The Morgan fingerprint density at radius 1 is 1.04 bits per heavy atom. The van der Waals surface area contributed by atoms with Crippen LogP contribution in [0, 0.1) is 0 Å². The first-order valence-corrected chi connectivity index (χ1v) is 9.51. The zero-order valence-corrected chi connectivity index (χ0v) is 15.3. The van der Waals surface area contributed by atoms with Crippen LogP contribution in [0.15, 0.2) is 30.6 Å². The molecule has 1 saturated heterocycles. The van der Waals surface area contributed by atoms with Crippen molar-refractivity contribution in [2.24, 2.45) is 0 Å². The number of fused-ring (bicyclic) bond motifs is 1. The molecule has 2 amide bonds. The maximum atomic E-state index is 12.7. The van der Waals surface area contributed by atoms with Gasteiger partial charge >= 0.3 is 0 Å². The molecule has 0 radical (unpaired) electrons. The Balaban J connectivity index is 1.34. The number of nitrogens with zero attached hydrogens (tertiary/aromatic N) is 4. The van der Waals surface area contributed by atoms with Crippen molar-refractivity contribution in [2.75, 3.05) is 26.2 Å². The minimum atomic E-state index is -0.110. The molecule has 1 aliphatic carbocycles.